The van der Waals surface area contributed by atoms with Crippen molar-refractivity contribution in [2.45, 2.75) is 38.1 Å². The van der Waals surface area contributed by atoms with Gasteiger partial charge in [-0.05, 0) is 18.6 Å². The number of nitrogens with one attached hydrogen (secondary N) is 1. The summed E-state index contributed by atoms with van der Waals surface area (Å²) in [6, 6.07) is 0.956. The molecule has 178 valence electrons. The van der Waals surface area contributed by atoms with Crippen LogP contribution in [0.4, 0.5) is 4.39 Å². The number of halogens is 2. The second-order valence-electron chi connectivity index (χ2n) is 7.49. The second kappa shape index (κ2) is 11.2. The highest BCUT2D eigenvalue weighted by Crippen LogP contribution is 2.38. The van der Waals surface area contributed by atoms with E-state index in [4.69, 9.17) is 25.9 Å². The van der Waals surface area contributed by atoms with Crippen LogP contribution in [0.2, 0.25) is 5.02 Å². The van der Waals surface area contributed by atoms with Crippen molar-refractivity contribution in [2.75, 3.05) is 19.8 Å². The minimum Gasteiger partial charge on any atom is -0.507 e. The molecule has 0 aromatic heterocycles. The summed E-state index contributed by atoms with van der Waals surface area (Å²) in [4.78, 5) is 29.5. The highest BCUT2D eigenvalue weighted by molar-refractivity contribution is 6.33. The van der Waals surface area contributed by atoms with Gasteiger partial charge in [-0.15, -0.1) is 0 Å². The molecule has 2 aliphatic heterocycles. The van der Waals surface area contributed by atoms with Gasteiger partial charge in [0.2, 0.25) is 0 Å². The van der Waals surface area contributed by atoms with Crippen LogP contribution >= 0.6 is 11.6 Å². The highest BCUT2D eigenvalue weighted by Gasteiger charge is 2.38. The van der Waals surface area contributed by atoms with Crippen molar-refractivity contribution in [3.8, 4) is 11.5 Å². The summed E-state index contributed by atoms with van der Waals surface area (Å²) < 4.78 is 23.2. The Hall–Kier alpha value is -3.11. The molecule has 3 N–H and O–H groups in total. The van der Waals surface area contributed by atoms with Crippen molar-refractivity contribution in [3.63, 3.8) is 0 Å². The average molecular weight is 483 g/mol. The number of oxime groups is 1. The first-order valence-corrected chi connectivity index (χ1v) is 10.6. The van der Waals surface area contributed by atoms with Crippen LogP contribution in [0.1, 0.15) is 29.3 Å². The van der Waals surface area contributed by atoms with Crippen molar-refractivity contribution in [2.24, 2.45) is 5.16 Å². The molecule has 0 bridgehead atoms. The van der Waals surface area contributed by atoms with Gasteiger partial charge < -0.3 is 29.8 Å². The molecule has 1 aromatic rings. The monoisotopic (exact) mass is 482 g/mol. The molecular weight excluding hydrogens is 459 g/mol. The van der Waals surface area contributed by atoms with Crippen molar-refractivity contribution < 1.29 is 38.5 Å². The number of carbonyl (C=O) groups is 2. The van der Waals surface area contributed by atoms with Crippen LogP contribution in [0.25, 0.3) is 0 Å². The molecule has 2 aliphatic rings. The van der Waals surface area contributed by atoms with Gasteiger partial charge in [-0.25, -0.2) is 9.18 Å². The summed E-state index contributed by atoms with van der Waals surface area (Å²) in [7, 11) is 0. The third-order valence-corrected chi connectivity index (χ3v) is 5.29. The Bertz CT molecular complexity index is 995. The molecule has 11 heteroatoms. The summed E-state index contributed by atoms with van der Waals surface area (Å²) in [5.41, 5.74) is 0.0754. The van der Waals surface area contributed by atoms with Crippen LogP contribution in [-0.2, 0) is 25.5 Å². The maximum atomic E-state index is 12.9. The number of cyclic esters (lactones) is 1. The molecule has 1 saturated heterocycles. The van der Waals surface area contributed by atoms with Gasteiger partial charge in [0.1, 0.15) is 35.9 Å². The summed E-state index contributed by atoms with van der Waals surface area (Å²) in [6.45, 7) is 0.392. The average Bonchev–Trinajstić information content (AvgIpc) is 3.49. The minimum absolute atomic E-state index is 0.0711. The van der Waals surface area contributed by atoms with Gasteiger partial charge >= 0.3 is 5.97 Å². The molecule has 1 amide bonds. The van der Waals surface area contributed by atoms with E-state index in [2.05, 4.69) is 10.5 Å². The lowest BCUT2D eigenvalue weighted by Gasteiger charge is -2.17. The van der Waals surface area contributed by atoms with E-state index >= 15 is 0 Å². The van der Waals surface area contributed by atoms with E-state index in [0.717, 1.165) is 6.07 Å². The molecule has 0 radical (unpaired) electrons. The Kier molecular flexibility index (Phi) is 8.29. The number of rotatable bonds is 5. The van der Waals surface area contributed by atoms with E-state index in [1.165, 1.54) is 0 Å². The topological polar surface area (TPSA) is 130 Å². The van der Waals surface area contributed by atoms with E-state index in [1.807, 2.05) is 6.08 Å². The van der Waals surface area contributed by atoms with Gasteiger partial charge in [0, 0.05) is 25.5 Å². The molecule has 0 spiro atoms. The molecular formula is C22H24ClFN2O7. The van der Waals surface area contributed by atoms with Crippen LogP contribution in [0, 0.1) is 0 Å². The number of hydrogen-bond acceptors (Lipinski definition) is 8. The van der Waals surface area contributed by atoms with Crippen molar-refractivity contribution in [3.05, 3.63) is 46.5 Å². The molecule has 2 heterocycles. The number of alkyl halides is 1. The third-order valence-electron chi connectivity index (χ3n) is 4.87. The standard InChI is InChI=1S/C22H24ClFN2O7/c1-12-8-18-17(33-18)5-3-2-4-13(26-31-11-19(29)25-7-6-24)9-14-20(22(30)32-12)15(27)10-16(28)21(14)23/h2-5,10,12,17-18,27-28H,6-9,11H2,1H3,(H,25,29)/b4-2+,5-3-,26-13+/t12-,17-,18+/m1/s1. The van der Waals surface area contributed by atoms with Gasteiger partial charge in [0.25, 0.3) is 5.91 Å². The molecule has 33 heavy (non-hydrogen) atoms. The van der Waals surface area contributed by atoms with Crippen molar-refractivity contribution in [1.82, 2.24) is 5.32 Å². The SMILES string of the molecule is C[C@@H]1C[C@@H]2O[C@@H]2\C=C/C=C/C(=N\OCC(=O)NCCF)Cc2c(Cl)c(O)cc(O)c2C(=O)O1. The van der Waals surface area contributed by atoms with E-state index < -0.39 is 42.8 Å². The Labute approximate surface area is 194 Å². The lowest BCUT2D eigenvalue weighted by Crippen LogP contribution is -2.28. The fourth-order valence-corrected chi connectivity index (χ4v) is 3.48. The maximum absolute atomic E-state index is 12.9. The van der Waals surface area contributed by atoms with Gasteiger partial charge in [0.05, 0.1) is 16.8 Å². The predicted molar refractivity (Wildman–Crippen MR) is 117 cm³/mol. The van der Waals surface area contributed by atoms with Gasteiger partial charge in [0.15, 0.2) is 6.61 Å². The highest BCUT2D eigenvalue weighted by atomic mass is 35.5. The number of ether oxygens (including phenoxy) is 2. The Morgan fingerprint density at radius 2 is 2.15 bits per heavy atom. The molecule has 9 nitrogen and oxygen atoms in total. The largest absolute Gasteiger partial charge is 0.507 e. The van der Waals surface area contributed by atoms with Gasteiger partial charge in [-0.3, -0.25) is 4.79 Å². The zero-order valence-corrected chi connectivity index (χ0v) is 18.5. The fraction of sp³-hybridized carbons (Fsp3) is 0.409. The zero-order valence-electron chi connectivity index (χ0n) is 17.8. The number of hydrogen-bond donors (Lipinski definition) is 3. The maximum Gasteiger partial charge on any atom is 0.342 e. The van der Waals surface area contributed by atoms with E-state index in [-0.39, 0.29) is 47.0 Å². The Morgan fingerprint density at radius 1 is 1.36 bits per heavy atom. The summed E-state index contributed by atoms with van der Waals surface area (Å²) in [5, 5.41) is 26.5. The first kappa shape index (κ1) is 24.5. The summed E-state index contributed by atoms with van der Waals surface area (Å²) in [6.07, 6.45) is 6.41. The number of epoxide rings is 1. The number of phenols is 2. The molecule has 1 aromatic carbocycles. The number of fused-ring (bicyclic) bond motifs is 2. The first-order valence-electron chi connectivity index (χ1n) is 10.3. The van der Waals surface area contributed by atoms with Gasteiger partial charge in [-0.1, -0.05) is 35.0 Å². The number of carbonyl (C=O) groups excluding carboxylic acids is 2. The quantitative estimate of drug-likeness (QED) is 0.334. The van der Waals surface area contributed by atoms with Crippen LogP contribution < -0.4 is 5.32 Å². The van der Waals surface area contributed by atoms with E-state index in [0.29, 0.717) is 6.42 Å². The molecule has 0 unspecified atom stereocenters. The second-order valence-corrected chi connectivity index (χ2v) is 7.87. The number of phenolic OH excluding ortho intramolecular Hbond substituents is 2. The number of allylic oxidation sites excluding steroid dienone is 3. The lowest BCUT2D eigenvalue weighted by atomic mass is 9.99. The molecule has 0 aliphatic carbocycles. The van der Waals surface area contributed by atoms with Crippen LogP contribution in [0.3, 0.4) is 0 Å². The Balaban J connectivity index is 1.93. The predicted octanol–water partition coefficient (Wildman–Crippen LogP) is 2.58. The molecule has 0 saturated carbocycles. The Morgan fingerprint density at radius 3 is 2.91 bits per heavy atom. The number of aromatic hydroxyl groups is 2. The number of nitrogens with zero attached hydrogens (tertiary/aromatic N) is 1. The number of benzene rings is 1. The van der Waals surface area contributed by atoms with Crippen LogP contribution in [0.15, 0.2) is 35.5 Å². The van der Waals surface area contributed by atoms with Crippen molar-refractivity contribution in [1.29, 1.82) is 0 Å². The van der Waals surface area contributed by atoms with E-state index in [9.17, 15) is 24.2 Å². The molecule has 3 rings (SSSR count). The van der Waals surface area contributed by atoms with Crippen LogP contribution in [0.5, 0.6) is 11.5 Å². The smallest absolute Gasteiger partial charge is 0.342 e. The summed E-state index contributed by atoms with van der Waals surface area (Å²) in [5.74, 6) is -2.33. The number of esters is 1. The van der Waals surface area contributed by atoms with Crippen molar-refractivity contribution >= 4 is 29.2 Å². The minimum atomic E-state index is -0.823. The zero-order chi connectivity index (χ0) is 24.0. The fourth-order valence-electron chi connectivity index (χ4n) is 3.26. The number of amides is 1. The summed E-state index contributed by atoms with van der Waals surface area (Å²) >= 11 is 6.25. The molecule has 1 fully saturated rings. The van der Waals surface area contributed by atoms with Crippen LogP contribution in [-0.4, -0.2) is 65.9 Å². The lowest BCUT2D eigenvalue weighted by molar-refractivity contribution is -0.125. The normalized spacial score (nSPS) is 25.7. The molecule has 3 atom stereocenters. The first-order chi connectivity index (χ1) is 15.8. The van der Waals surface area contributed by atoms with E-state index in [1.54, 1.807) is 25.2 Å². The van der Waals surface area contributed by atoms with Gasteiger partial charge in [-0.2, -0.15) is 0 Å². The third kappa shape index (κ3) is 6.69.